The first kappa shape index (κ1) is 11.5. The van der Waals surface area contributed by atoms with Crippen LogP contribution >= 0.6 is 0 Å². The zero-order valence-corrected chi connectivity index (χ0v) is 9.20. The minimum atomic E-state index is -0.424. The Morgan fingerprint density at radius 1 is 1.50 bits per heavy atom. The lowest BCUT2D eigenvalue weighted by Gasteiger charge is -2.15. The van der Waals surface area contributed by atoms with Crippen LogP contribution in [0.5, 0.6) is 0 Å². The summed E-state index contributed by atoms with van der Waals surface area (Å²) in [6.45, 7) is 5.79. The Morgan fingerprint density at radius 3 is 2.71 bits per heavy atom. The lowest BCUT2D eigenvalue weighted by Crippen LogP contribution is -2.26. The van der Waals surface area contributed by atoms with Crippen molar-refractivity contribution in [1.82, 2.24) is 4.90 Å². The molecule has 0 aliphatic carbocycles. The summed E-state index contributed by atoms with van der Waals surface area (Å²) in [6.07, 6.45) is 3.37. The van der Waals surface area contributed by atoms with E-state index >= 15 is 0 Å². The molecule has 0 spiro atoms. The van der Waals surface area contributed by atoms with Crippen LogP contribution in [0.4, 0.5) is 0 Å². The molecule has 0 aromatic rings. The van der Waals surface area contributed by atoms with Gasteiger partial charge in [0, 0.05) is 13.1 Å². The summed E-state index contributed by atoms with van der Waals surface area (Å²) >= 11 is 0. The predicted molar refractivity (Wildman–Crippen MR) is 55.9 cm³/mol. The van der Waals surface area contributed by atoms with Crippen molar-refractivity contribution in [2.75, 3.05) is 13.1 Å². The number of nitrogens with zero attached hydrogens (tertiary/aromatic N) is 1. The molecule has 1 rings (SSSR count). The minimum absolute atomic E-state index is 0.113. The molecule has 3 nitrogen and oxygen atoms in total. The van der Waals surface area contributed by atoms with Gasteiger partial charge in [-0.25, -0.2) is 0 Å². The van der Waals surface area contributed by atoms with Crippen LogP contribution in [0, 0.1) is 5.92 Å². The topological polar surface area (TPSA) is 40.5 Å². The number of carbonyl (C=O) groups excluding carboxylic acids is 1. The molecule has 1 atom stereocenters. The van der Waals surface area contributed by atoms with E-state index in [1.165, 1.54) is 12.8 Å². The van der Waals surface area contributed by atoms with Crippen molar-refractivity contribution >= 4 is 5.91 Å². The van der Waals surface area contributed by atoms with E-state index in [1.54, 1.807) is 4.90 Å². The first-order valence-electron chi connectivity index (χ1n) is 5.55. The van der Waals surface area contributed by atoms with E-state index in [4.69, 9.17) is 0 Å². The number of likely N-dealkylation sites (tertiary alicyclic amines) is 1. The van der Waals surface area contributed by atoms with Gasteiger partial charge in [0.2, 0.25) is 5.91 Å². The summed E-state index contributed by atoms with van der Waals surface area (Å²) < 4.78 is 0. The van der Waals surface area contributed by atoms with Crippen molar-refractivity contribution in [3.63, 3.8) is 0 Å². The van der Waals surface area contributed by atoms with Gasteiger partial charge in [-0.1, -0.05) is 26.7 Å². The van der Waals surface area contributed by atoms with Gasteiger partial charge in [0.25, 0.3) is 0 Å². The molecule has 1 heterocycles. The second-order valence-electron chi connectivity index (χ2n) is 4.59. The van der Waals surface area contributed by atoms with E-state index in [2.05, 4.69) is 13.8 Å². The SMILES string of the molecule is CC(C)CCCCN1CC(O)CC1=O. The molecule has 1 unspecified atom stereocenters. The molecule has 0 saturated carbocycles. The number of β-amino-alcohol motifs (C(OH)–C–C–N with tert-alkyl or cyclic N) is 1. The van der Waals surface area contributed by atoms with Crippen LogP contribution < -0.4 is 0 Å². The van der Waals surface area contributed by atoms with Crippen molar-refractivity contribution in [1.29, 1.82) is 0 Å². The van der Waals surface area contributed by atoms with Gasteiger partial charge >= 0.3 is 0 Å². The molecule has 1 fully saturated rings. The van der Waals surface area contributed by atoms with Crippen molar-refractivity contribution in [2.45, 2.75) is 45.6 Å². The maximum absolute atomic E-state index is 11.3. The molecular weight excluding hydrogens is 178 g/mol. The summed E-state index contributed by atoms with van der Waals surface area (Å²) in [6, 6.07) is 0. The first-order chi connectivity index (χ1) is 6.59. The number of aliphatic hydroxyl groups is 1. The standard InChI is InChI=1S/C11H21NO2/c1-9(2)5-3-4-6-12-8-10(13)7-11(12)14/h9-10,13H,3-8H2,1-2H3. The van der Waals surface area contributed by atoms with E-state index < -0.39 is 6.10 Å². The molecule has 1 N–H and O–H groups in total. The van der Waals surface area contributed by atoms with Crippen LogP contribution in [-0.4, -0.2) is 35.1 Å². The first-order valence-corrected chi connectivity index (χ1v) is 5.55. The molecule has 0 radical (unpaired) electrons. The van der Waals surface area contributed by atoms with Gasteiger partial charge in [-0.15, -0.1) is 0 Å². The third-order valence-corrected chi connectivity index (χ3v) is 2.65. The predicted octanol–water partition coefficient (Wildman–Crippen LogP) is 1.41. The van der Waals surface area contributed by atoms with E-state index in [1.807, 2.05) is 0 Å². The van der Waals surface area contributed by atoms with Crippen LogP contribution in [-0.2, 0) is 4.79 Å². The van der Waals surface area contributed by atoms with Crippen molar-refractivity contribution in [3.8, 4) is 0 Å². The van der Waals surface area contributed by atoms with E-state index in [0.717, 1.165) is 18.9 Å². The average Bonchev–Trinajstić information content (AvgIpc) is 2.39. The summed E-state index contributed by atoms with van der Waals surface area (Å²) in [4.78, 5) is 13.1. The zero-order valence-electron chi connectivity index (χ0n) is 9.20. The van der Waals surface area contributed by atoms with Crippen molar-refractivity contribution in [2.24, 2.45) is 5.92 Å². The Bertz CT molecular complexity index is 192. The highest BCUT2D eigenvalue weighted by Crippen LogP contribution is 2.13. The molecule has 0 aromatic carbocycles. The highest BCUT2D eigenvalue weighted by atomic mass is 16.3. The maximum Gasteiger partial charge on any atom is 0.225 e. The van der Waals surface area contributed by atoms with E-state index in [0.29, 0.717) is 13.0 Å². The molecule has 0 bridgehead atoms. The molecule has 82 valence electrons. The summed E-state index contributed by atoms with van der Waals surface area (Å²) in [5.41, 5.74) is 0. The number of rotatable bonds is 5. The van der Waals surface area contributed by atoms with E-state index in [-0.39, 0.29) is 5.91 Å². The lowest BCUT2D eigenvalue weighted by atomic mass is 10.1. The lowest BCUT2D eigenvalue weighted by molar-refractivity contribution is -0.127. The molecule has 14 heavy (non-hydrogen) atoms. The molecule has 0 aromatic heterocycles. The zero-order chi connectivity index (χ0) is 10.6. The number of amides is 1. The number of aliphatic hydroxyl groups excluding tert-OH is 1. The number of hydrogen-bond acceptors (Lipinski definition) is 2. The van der Waals surface area contributed by atoms with Crippen molar-refractivity contribution in [3.05, 3.63) is 0 Å². The third kappa shape index (κ3) is 3.66. The Kier molecular flexibility index (Phi) is 4.39. The van der Waals surface area contributed by atoms with Gasteiger partial charge in [-0.2, -0.15) is 0 Å². The number of carbonyl (C=O) groups is 1. The molecule has 1 aliphatic heterocycles. The van der Waals surface area contributed by atoms with Crippen LogP contribution in [0.1, 0.15) is 39.5 Å². The second-order valence-corrected chi connectivity index (χ2v) is 4.59. The second kappa shape index (κ2) is 5.35. The number of hydrogen-bond donors (Lipinski definition) is 1. The molecule has 3 heteroatoms. The van der Waals surface area contributed by atoms with Gasteiger partial charge in [0.05, 0.1) is 12.5 Å². The Labute approximate surface area is 86.1 Å². The molecule has 1 amide bonds. The van der Waals surface area contributed by atoms with Crippen LogP contribution in [0.2, 0.25) is 0 Å². The largest absolute Gasteiger partial charge is 0.391 e. The smallest absolute Gasteiger partial charge is 0.225 e. The monoisotopic (exact) mass is 199 g/mol. The van der Waals surface area contributed by atoms with Crippen LogP contribution in [0.15, 0.2) is 0 Å². The van der Waals surface area contributed by atoms with Crippen molar-refractivity contribution < 1.29 is 9.90 Å². The van der Waals surface area contributed by atoms with Crippen LogP contribution in [0.3, 0.4) is 0 Å². The van der Waals surface area contributed by atoms with Gasteiger partial charge < -0.3 is 10.0 Å². The fourth-order valence-corrected chi connectivity index (χ4v) is 1.82. The normalized spacial score (nSPS) is 22.4. The minimum Gasteiger partial charge on any atom is -0.391 e. The number of unbranched alkanes of at least 4 members (excludes halogenated alkanes) is 1. The van der Waals surface area contributed by atoms with Gasteiger partial charge in [0.15, 0.2) is 0 Å². The highest BCUT2D eigenvalue weighted by Gasteiger charge is 2.26. The Morgan fingerprint density at radius 2 is 2.21 bits per heavy atom. The Hall–Kier alpha value is -0.570. The molecule has 1 saturated heterocycles. The fourth-order valence-electron chi connectivity index (χ4n) is 1.82. The quantitative estimate of drug-likeness (QED) is 0.680. The highest BCUT2D eigenvalue weighted by molar-refractivity contribution is 5.78. The van der Waals surface area contributed by atoms with Gasteiger partial charge in [-0.05, 0) is 12.3 Å². The van der Waals surface area contributed by atoms with Gasteiger partial charge in [0.1, 0.15) is 0 Å². The fraction of sp³-hybridized carbons (Fsp3) is 0.909. The Balaban J connectivity index is 2.10. The van der Waals surface area contributed by atoms with Crippen LogP contribution in [0.25, 0.3) is 0 Å². The molecular formula is C11H21NO2. The van der Waals surface area contributed by atoms with E-state index in [9.17, 15) is 9.90 Å². The summed E-state index contributed by atoms with van der Waals surface area (Å²) in [5, 5.41) is 9.25. The maximum atomic E-state index is 11.3. The summed E-state index contributed by atoms with van der Waals surface area (Å²) in [5.74, 6) is 0.858. The summed E-state index contributed by atoms with van der Waals surface area (Å²) in [7, 11) is 0. The van der Waals surface area contributed by atoms with Gasteiger partial charge in [-0.3, -0.25) is 4.79 Å². The molecule has 1 aliphatic rings. The average molecular weight is 199 g/mol. The third-order valence-electron chi connectivity index (χ3n) is 2.65.